The lowest BCUT2D eigenvalue weighted by atomic mass is 9.84. The number of carbonyl (C=O) groups excluding carboxylic acids is 2. The van der Waals surface area contributed by atoms with E-state index in [0.717, 1.165) is 28.0 Å². The Morgan fingerprint density at radius 2 is 1.35 bits per heavy atom. The molecular weight excluding hydrogens is 768 g/mol. The molecule has 11 heteroatoms. The second-order valence-corrected chi connectivity index (χ2v) is 15.6. The monoisotopic (exact) mass is 805 g/mol. The molecular formula is C41H39BrF3N3O2S2. The van der Waals surface area contributed by atoms with Crippen LogP contribution in [0.1, 0.15) is 41.8 Å². The largest absolute Gasteiger partial charge is 0.423 e. The van der Waals surface area contributed by atoms with Gasteiger partial charge in [-0.2, -0.15) is 13.2 Å². The van der Waals surface area contributed by atoms with Crippen LogP contribution in [0.15, 0.2) is 121 Å². The summed E-state index contributed by atoms with van der Waals surface area (Å²) in [5.41, 5.74) is 5.88. The quantitative estimate of drug-likeness (QED) is 0.0596. The van der Waals surface area contributed by atoms with Gasteiger partial charge < -0.3 is 11.1 Å². The molecule has 0 aliphatic heterocycles. The van der Waals surface area contributed by atoms with Crippen LogP contribution in [-0.2, 0) is 19.9 Å². The van der Waals surface area contributed by atoms with Crippen LogP contribution in [0.5, 0.6) is 0 Å². The molecule has 0 radical (unpaired) electrons. The van der Waals surface area contributed by atoms with Gasteiger partial charge in [0, 0.05) is 15.3 Å². The molecule has 5 rings (SSSR count). The maximum absolute atomic E-state index is 15.4. The molecule has 1 heterocycles. The third kappa shape index (κ3) is 8.58. The Bertz CT molecular complexity index is 1890. The number of nitrogens with one attached hydrogen (secondary N) is 2. The molecule has 0 saturated carbocycles. The van der Waals surface area contributed by atoms with E-state index < -0.39 is 40.4 Å². The zero-order chi connectivity index (χ0) is 37.4. The van der Waals surface area contributed by atoms with Gasteiger partial charge in [-0.05, 0) is 46.5 Å². The summed E-state index contributed by atoms with van der Waals surface area (Å²) in [6.45, 7) is 3.63. The number of amides is 2. The summed E-state index contributed by atoms with van der Waals surface area (Å²) >= 11 is 5.53. The average Bonchev–Trinajstić information content (AvgIpc) is 3.58. The Labute approximate surface area is 319 Å². The third-order valence-electron chi connectivity index (χ3n) is 8.64. The minimum Gasteiger partial charge on any atom is -0.368 e. The first-order valence-corrected chi connectivity index (χ1v) is 19.6. The van der Waals surface area contributed by atoms with Crippen molar-refractivity contribution in [2.45, 2.75) is 48.8 Å². The van der Waals surface area contributed by atoms with Crippen LogP contribution >= 0.6 is 39.0 Å². The van der Waals surface area contributed by atoms with E-state index in [1.165, 1.54) is 17.8 Å². The van der Waals surface area contributed by atoms with Gasteiger partial charge in [-0.3, -0.25) is 14.9 Å². The number of alkyl halides is 4. The number of nitrogens with two attached hydrogens (primary N) is 1. The number of thiophene rings is 1. The van der Waals surface area contributed by atoms with Crippen LogP contribution < -0.4 is 16.4 Å². The second kappa shape index (κ2) is 17.2. The number of primary amides is 1. The lowest BCUT2D eigenvalue weighted by Crippen LogP contribution is -2.61. The third-order valence-corrected chi connectivity index (χ3v) is 11.8. The van der Waals surface area contributed by atoms with Gasteiger partial charge >= 0.3 is 6.18 Å². The van der Waals surface area contributed by atoms with Gasteiger partial charge in [-0.25, -0.2) is 0 Å². The molecule has 1 aromatic heterocycles. The fraction of sp³-hybridized carbons (Fsp3) is 0.268. The van der Waals surface area contributed by atoms with Gasteiger partial charge in [-0.1, -0.05) is 151 Å². The van der Waals surface area contributed by atoms with Crippen LogP contribution in [0.25, 0.3) is 10.1 Å². The molecule has 4 aromatic carbocycles. The predicted molar refractivity (Wildman–Crippen MR) is 210 cm³/mol. The first-order chi connectivity index (χ1) is 24.9. The lowest BCUT2D eigenvalue weighted by molar-refractivity contribution is -0.184. The van der Waals surface area contributed by atoms with Crippen molar-refractivity contribution in [3.63, 3.8) is 0 Å². The number of halogens is 4. The normalized spacial score (nSPS) is 14.2. The van der Waals surface area contributed by atoms with Crippen LogP contribution in [0.3, 0.4) is 0 Å². The van der Waals surface area contributed by atoms with Crippen molar-refractivity contribution < 1.29 is 22.8 Å². The molecule has 0 aliphatic carbocycles. The summed E-state index contributed by atoms with van der Waals surface area (Å²) < 4.78 is 46.1. The van der Waals surface area contributed by atoms with Crippen molar-refractivity contribution in [1.29, 1.82) is 0 Å². The Kier molecular flexibility index (Phi) is 12.9. The number of hydrogen-bond acceptors (Lipinski definition) is 5. The van der Waals surface area contributed by atoms with E-state index in [2.05, 4.69) is 38.4 Å². The van der Waals surface area contributed by atoms with Gasteiger partial charge in [0.2, 0.25) is 17.4 Å². The average molecular weight is 807 g/mol. The Balaban J connectivity index is 1.52. The molecule has 0 aliphatic rings. The Hall–Kier alpha value is -4.08. The lowest BCUT2D eigenvalue weighted by Gasteiger charge is -2.37. The number of fused-ring (bicyclic) bond motifs is 1. The summed E-state index contributed by atoms with van der Waals surface area (Å²) in [6.07, 6.45) is -4.89. The maximum Gasteiger partial charge on any atom is 0.423 e. The van der Waals surface area contributed by atoms with Crippen LogP contribution in [0, 0.1) is 17.8 Å². The van der Waals surface area contributed by atoms with E-state index in [1.54, 1.807) is 24.3 Å². The van der Waals surface area contributed by atoms with Crippen molar-refractivity contribution in [2.24, 2.45) is 11.7 Å². The highest BCUT2D eigenvalue weighted by Crippen LogP contribution is 2.49. The zero-order valence-corrected chi connectivity index (χ0v) is 31.8. The van der Waals surface area contributed by atoms with Crippen molar-refractivity contribution in [2.75, 3.05) is 11.1 Å². The maximum atomic E-state index is 15.4. The van der Waals surface area contributed by atoms with Crippen molar-refractivity contribution in [3.8, 4) is 11.8 Å². The molecule has 52 heavy (non-hydrogen) atoms. The van der Waals surface area contributed by atoms with Crippen molar-refractivity contribution >= 4 is 60.9 Å². The van der Waals surface area contributed by atoms with Crippen LogP contribution in [0.2, 0.25) is 0 Å². The van der Waals surface area contributed by atoms with E-state index in [1.807, 2.05) is 105 Å². The Morgan fingerprint density at radius 1 is 0.827 bits per heavy atom. The molecule has 0 bridgehead atoms. The smallest absolute Gasteiger partial charge is 0.368 e. The fourth-order valence-corrected chi connectivity index (χ4v) is 9.11. The predicted octanol–water partition coefficient (Wildman–Crippen LogP) is 8.76. The molecule has 3 atom stereocenters. The number of benzene rings is 4. The molecule has 270 valence electrons. The summed E-state index contributed by atoms with van der Waals surface area (Å²) in [4.78, 5) is 27.2. The van der Waals surface area contributed by atoms with Gasteiger partial charge in [0.25, 0.3) is 0 Å². The highest BCUT2D eigenvalue weighted by Gasteiger charge is 2.58. The van der Waals surface area contributed by atoms with Crippen LogP contribution in [0.4, 0.5) is 13.2 Å². The van der Waals surface area contributed by atoms with Gasteiger partial charge in [0.15, 0.2) is 0 Å². The molecule has 2 amide bonds. The SMILES string of the molecule is CC(C)C[C@H](N[C@@](C#CCBr)(c1cc2ccccc2s1)C(F)(F)F)C(=O)N[C@H](CSC(c1ccccc1)(c1ccccc1)c1ccccc1)C(N)=O. The highest BCUT2D eigenvalue weighted by molar-refractivity contribution is 9.09. The van der Waals surface area contributed by atoms with Crippen molar-refractivity contribution in [1.82, 2.24) is 10.6 Å². The zero-order valence-electron chi connectivity index (χ0n) is 28.6. The molecule has 0 fully saturated rings. The number of thioether (sulfide) groups is 1. The molecule has 4 N–H and O–H groups in total. The van der Waals surface area contributed by atoms with Gasteiger partial charge in [0.1, 0.15) is 6.04 Å². The fourth-order valence-electron chi connectivity index (χ4n) is 6.20. The standard InChI is InChI=1S/C41H39BrF3N3O2S2/c1-28(2)25-33(48-39(23-14-24-42,41(43,44)45)36-26-29-15-12-13-22-35(29)52-36)38(50)47-34(37(46)49)27-51-40(30-16-6-3-7-17-30,31-18-8-4-9-19-31)32-20-10-5-11-21-32/h3-13,15-22,26,28,33-34,48H,24-25,27H2,1-2H3,(H2,46,49)(H,47,50)/t33-,34+,39-/m0/s1. The first-order valence-electron chi connectivity index (χ1n) is 16.7. The molecule has 5 nitrogen and oxygen atoms in total. The molecule has 0 saturated heterocycles. The van der Waals surface area contributed by atoms with E-state index in [4.69, 9.17) is 5.73 Å². The topological polar surface area (TPSA) is 84.2 Å². The van der Waals surface area contributed by atoms with E-state index >= 15 is 13.2 Å². The Morgan fingerprint density at radius 3 is 1.81 bits per heavy atom. The van der Waals surface area contributed by atoms with Gasteiger partial charge in [-0.15, -0.1) is 23.1 Å². The minimum atomic E-state index is -4.92. The number of carbonyl (C=O) groups is 2. The summed E-state index contributed by atoms with van der Waals surface area (Å²) in [6, 6.07) is 35.3. The molecule has 0 spiro atoms. The number of hydrogen-bond donors (Lipinski definition) is 3. The summed E-state index contributed by atoms with van der Waals surface area (Å²) in [5.74, 6) is 3.24. The van der Waals surface area contributed by atoms with E-state index in [0.29, 0.717) is 10.1 Å². The van der Waals surface area contributed by atoms with E-state index in [9.17, 15) is 9.59 Å². The minimum absolute atomic E-state index is 0.00852. The van der Waals surface area contributed by atoms with Gasteiger partial charge in [0.05, 0.1) is 16.1 Å². The highest BCUT2D eigenvalue weighted by atomic mass is 79.9. The molecule has 5 aromatic rings. The number of rotatable bonds is 14. The summed E-state index contributed by atoms with van der Waals surface area (Å²) in [5, 5.41) is 6.03. The van der Waals surface area contributed by atoms with Crippen molar-refractivity contribution in [3.05, 3.63) is 143 Å². The first kappa shape index (κ1) is 39.1. The van der Waals surface area contributed by atoms with E-state index in [-0.39, 0.29) is 28.3 Å². The van der Waals surface area contributed by atoms with Crippen LogP contribution in [-0.4, -0.2) is 41.2 Å². The summed E-state index contributed by atoms with van der Waals surface area (Å²) in [7, 11) is 0. The second-order valence-electron chi connectivity index (χ2n) is 12.7. The molecule has 0 unspecified atom stereocenters.